The van der Waals surface area contributed by atoms with Crippen LogP contribution in [0.3, 0.4) is 0 Å². The number of ether oxygens (including phenoxy) is 5. The highest BCUT2D eigenvalue weighted by Gasteiger charge is 2.22. The second kappa shape index (κ2) is 12.1. The highest BCUT2D eigenvalue weighted by molar-refractivity contribution is 6.01. The number of rotatable bonds is 9. The predicted octanol–water partition coefficient (Wildman–Crippen LogP) is 6.68. The van der Waals surface area contributed by atoms with Gasteiger partial charge >= 0.3 is 11.9 Å². The first-order valence-electron chi connectivity index (χ1n) is 12.5. The number of nitrogens with zero attached hydrogens (tertiary/aromatic N) is 1. The number of benzene rings is 4. The third-order valence-corrected chi connectivity index (χ3v) is 6.10. The molecule has 1 aromatic heterocycles. The summed E-state index contributed by atoms with van der Waals surface area (Å²) in [6.07, 6.45) is 0. The first kappa shape index (κ1) is 27.0. The minimum Gasteiger partial charge on any atom is -0.505 e. The van der Waals surface area contributed by atoms with Crippen LogP contribution in [0.4, 0.5) is 0 Å². The van der Waals surface area contributed by atoms with Crippen LogP contribution in [0.5, 0.6) is 34.6 Å². The molecule has 0 unspecified atom stereocenters. The highest BCUT2D eigenvalue weighted by Crippen LogP contribution is 2.37. The Labute approximate surface area is 235 Å². The van der Waals surface area contributed by atoms with Gasteiger partial charge in [-0.1, -0.05) is 36.4 Å². The van der Waals surface area contributed by atoms with E-state index in [0.29, 0.717) is 39.3 Å². The van der Waals surface area contributed by atoms with Crippen molar-refractivity contribution in [2.24, 2.45) is 0 Å². The molecular formula is C32H25NO8. The standard InChI is InChI=1S/C32H25NO8/c1-37-31(35)25-15-13-23(40-21-9-5-3-6-10-21)17-20(25)19-39-30-27-18-24(41-22-11-7-4-8-12-22)14-16-26(27)29(34)28(33-30)32(36)38-2/h3-18,34H,19H2,1-2H3. The summed E-state index contributed by atoms with van der Waals surface area (Å²) in [5.41, 5.74) is 0.392. The van der Waals surface area contributed by atoms with Gasteiger partial charge in [-0.05, 0) is 60.7 Å². The van der Waals surface area contributed by atoms with Crippen molar-refractivity contribution in [3.05, 3.63) is 114 Å². The molecule has 0 aliphatic carbocycles. The number of carbonyl (C=O) groups excluding carboxylic acids is 2. The molecule has 0 aliphatic heterocycles. The Morgan fingerprint density at radius 1 is 0.683 bits per heavy atom. The van der Waals surface area contributed by atoms with Crippen molar-refractivity contribution in [2.75, 3.05) is 14.2 Å². The molecule has 41 heavy (non-hydrogen) atoms. The van der Waals surface area contributed by atoms with E-state index in [2.05, 4.69) is 4.98 Å². The first-order valence-corrected chi connectivity index (χ1v) is 12.5. The average molecular weight is 552 g/mol. The van der Waals surface area contributed by atoms with Crippen LogP contribution in [0.1, 0.15) is 26.4 Å². The number of pyridine rings is 1. The Hall–Kier alpha value is -5.57. The van der Waals surface area contributed by atoms with Crippen molar-refractivity contribution in [1.29, 1.82) is 0 Å². The van der Waals surface area contributed by atoms with E-state index in [1.54, 1.807) is 60.7 Å². The average Bonchev–Trinajstić information content (AvgIpc) is 3.01. The third kappa shape index (κ3) is 6.04. The number of aromatic nitrogens is 1. The van der Waals surface area contributed by atoms with Gasteiger partial charge in [-0.2, -0.15) is 0 Å². The number of para-hydroxylation sites is 2. The molecule has 5 aromatic rings. The van der Waals surface area contributed by atoms with Crippen molar-refractivity contribution in [1.82, 2.24) is 4.98 Å². The number of carbonyl (C=O) groups is 2. The molecule has 4 aromatic carbocycles. The lowest BCUT2D eigenvalue weighted by Gasteiger charge is -2.15. The Kier molecular flexibility index (Phi) is 7.96. The van der Waals surface area contributed by atoms with Gasteiger partial charge in [0.1, 0.15) is 29.6 Å². The minimum absolute atomic E-state index is 0.0157. The minimum atomic E-state index is -0.840. The van der Waals surface area contributed by atoms with Gasteiger partial charge in [0.05, 0.1) is 25.2 Å². The van der Waals surface area contributed by atoms with E-state index < -0.39 is 11.9 Å². The Morgan fingerprint density at radius 3 is 1.88 bits per heavy atom. The van der Waals surface area contributed by atoms with Gasteiger partial charge < -0.3 is 28.8 Å². The molecule has 0 bridgehead atoms. The molecule has 0 saturated carbocycles. The molecule has 1 N–H and O–H groups in total. The fourth-order valence-electron chi connectivity index (χ4n) is 4.12. The van der Waals surface area contributed by atoms with Crippen LogP contribution in [-0.4, -0.2) is 36.2 Å². The first-order chi connectivity index (χ1) is 20.0. The maximum absolute atomic E-state index is 12.5. The van der Waals surface area contributed by atoms with Crippen molar-refractivity contribution in [3.63, 3.8) is 0 Å². The summed E-state index contributed by atoms with van der Waals surface area (Å²) in [5, 5.41) is 11.5. The quantitative estimate of drug-likeness (QED) is 0.200. The lowest BCUT2D eigenvalue weighted by molar-refractivity contribution is 0.0585. The van der Waals surface area contributed by atoms with Crippen molar-refractivity contribution >= 4 is 22.7 Å². The molecule has 0 spiro atoms. The molecule has 9 heteroatoms. The second-order valence-electron chi connectivity index (χ2n) is 8.74. The molecule has 0 amide bonds. The van der Waals surface area contributed by atoms with E-state index in [1.807, 2.05) is 36.4 Å². The molecule has 9 nitrogen and oxygen atoms in total. The van der Waals surface area contributed by atoms with E-state index in [-0.39, 0.29) is 29.5 Å². The molecular weight excluding hydrogens is 526 g/mol. The van der Waals surface area contributed by atoms with Crippen LogP contribution in [0.25, 0.3) is 10.8 Å². The van der Waals surface area contributed by atoms with Crippen LogP contribution in [0.2, 0.25) is 0 Å². The molecule has 0 fully saturated rings. The fourth-order valence-corrected chi connectivity index (χ4v) is 4.12. The lowest BCUT2D eigenvalue weighted by atomic mass is 10.1. The van der Waals surface area contributed by atoms with E-state index in [4.69, 9.17) is 23.7 Å². The predicted molar refractivity (Wildman–Crippen MR) is 150 cm³/mol. The molecule has 206 valence electrons. The van der Waals surface area contributed by atoms with Crippen LogP contribution in [0, 0.1) is 0 Å². The molecule has 5 rings (SSSR count). The fraction of sp³-hybridized carbons (Fsp3) is 0.0938. The normalized spacial score (nSPS) is 10.6. The number of fused-ring (bicyclic) bond motifs is 1. The Bertz CT molecular complexity index is 1700. The largest absolute Gasteiger partial charge is 0.505 e. The number of esters is 2. The summed E-state index contributed by atoms with van der Waals surface area (Å²) in [4.78, 5) is 29.2. The third-order valence-electron chi connectivity index (χ3n) is 6.10. The van der Waals surface area contributed by atoms with Crippen molar-refractivity contribution in [2.45, 2.75) is 6.61 Å². The molecule has 0 atom stereocenters. The number of hydrogen-bond acceptors (Lipinski definition) is 9. The number of methoxy groups -OCH3 is 2. The topological polar surface area (TPSA) is 113 Å². The van der Waals surface area contributed by atoms with Gasteiger partial charge in [-0.25, -0.2) is 14.6 Å². The van der Waals surface area contributed by atoms with E-state index in [0.717, 1.165) is 0 Å². The highest BCUT2D eigenvalue weighted by atomic mass is 16.5. The summed E-state index contributed by atoms with van der Waals surface area (Å²) in [6, 6.07) is 28.1. The smallest absolute Gasteiger partial charge is 0.360 e. The summed E-state index contributed by atoms with van der Waals surface area (Å²) >= 11 is 0. The van der Waals surface area contributed by atoms with Gasteiger partial charge in [0.2, 0.25) is 5.88 Å². The maximum Gasteiger partial charge on any atom is 0.360 e. The van der Waals surface area contributed by atoms with Crippen LogP contribution < -0.4 is 14.2 Å². The monoisotopic (exact) mass is 551 g/mol. The summed E-state index contributed by atoms with van der Waals surface area (Å²) in [7, 11) is 2.47. The zero-order chi connectivity index (χ0) is 28.8. The Morgan fingerprint density at radius 2 is 1.27 bits per heavy atom. The zero-order valence-corrected chi connectivity index (χ0v) is 22.2. The van der Waals surface area contributed by atoms with Gasteiger partial charge in [-0.15, -0.1) is 0 Å². The number of hydrogen-bond donors (Lipinski definition) is 1. The van der Waals surface area contributed by atoms with E-state index in [9.17, 15) is 14.7 Å². The lowest BCUT2D eigenvalue weighted by Crippen LogP contribution is -2.10. The summed E-state index contributed by atoms with van der Waals surface area (Å²) in [6.45, 7) is -0.145. The molecule has 0 radical (unpaired) electrons. The second-order valence-corrected chi connectivity index (χ2v) is 8.74. The van der Waals surface area contributed by atoms with E-state index in [1.165, 1.54) is 14.2 Å². The molecule has 1 heterocycles. The van der Waals surface area contributed by atoms with Crippen LogP contribution in [-0.2, 0) is 16.1 Å². The van der Waals surface area contributed by atoms with Gasteiger partial charge in [0, 0.05) is 10.9 Å². The molecule has 0 aliphatic rings. The van der Waals surface area contributed by atoms with Crippen LogP contribution >= 0.6 is 0 Å². The van der Waals surface area contributed by atoms with Crippen LogP contribution in [0.15, 0.2) is 97.1 Å². The summed E-state index contributed by atoms with van der Waals surface area (Å²) < 4.78 is 27.7. The van der Waals surface area contributed by atoms with Crippen molar-refractivity contribution < 1.29 is 38.4 Å². The molecule has 0 saturated heterocycles. The van der Waals surface area contributed by atoms with Gasteiger partial charge in [0.15, 0.2) is 11.4 Å². The van der Waals surface area contributed by atoms with E-state index >= 15 is 0 Å². The van der Waals surface area contributed by atoms with Gasteiger partial charge in [0.25, 0.3) is 0 Å². The maximum atomic E-state index is 12.5. The zero-order valence-electron chi connectivity index (χ0n) is 22.2. The summed E-state index contributed by atoms with van der Waals surface area (Å²) in [5.74, 6) is 0.398. The Balaban J connectivity index is 1.53. The SMILES string of the molecule is COC(=O)c1ccc(Oc2ccccc2)cc1COc1nc(C(=O)OC)c(O)c2ccc(Oc3ccccc3)cc12. The number of aromatic hydroxyl groups is 1. The van der Waals surface area contributed by atoms with Crippen molar-refractivity contribution in [3.8, 4) is 34.6 Å². The van der Waals surface area contributed by atoms with Gasteiger partial charge in [-0.3, -0.25) is 0 Å².